The summed E-state index contributed by atoms with van der Waals surface area (Å²) in [4.78, 5) is 4.73. The van der Waals surface area contributed by atoms with Crippen molar-refractivity contribution in [2.75, 3.05) is 70.9 Å². The van der Waals surface area contributed by atoms with Crippen molar-refractivity contribution in [3.8, 4) is 5.75 Å². The minimum Gasteiger partial charge on any atom is -0.491 e. The Labute approximate surface area is 285 Å². The van der Waals surface area contributed by atoms with Crippen LogP contribution in [0.25, 0.3) is 0 Å². The molecule has 0 radical (unpaired) electrons. The van der Waals surface area contributed by atoms with Gasteiger partial charge in [0, 0.05) is 43.7 Å². The minimum atomic E-state index is -3.63. The highest BCUT2D eigenvalue weighted by atomic mass is 32.2. The molecule has 2 aromatic rings. The van der Waals surface area contributed by atoms with Gasteiger partial charge in [-0.1, -0.05) is 65.5 Å². The number of benzene rings is 2. The highest BCUT2D eigenvalue weighted by molar-refractivity contribution is 7.91. The summed E-state index contributed by atoms with van der Waals surface area (Å²) in [7, 11) is 0.260. The Balaban J connectivity index is 1.72. The molecule has 0 bridgehead atoms. The third kappa shape index (κ3) is 10.7. The normalized spacial score (nSPS) is 19.3. The Morgan fingerprint density at radius 3 is 2.09 bits per heavy atom. The summed E-state index contributed by atoms with van der Waals surface area (Å²) in [6.45, 7) is 15.5. The molecule has 0 fully saturated rings. The molecule has 1 unspecified atom stereocenters. The molecule has 0 saturated heterocycles. The second-order valence-corrected chi connectivity index (χ2v) is 15.4. The molecule has 3 rings (SSSR count). The predicted molar refractivity (Wildman–Crippen MR) is 193 cm³/mol. The fraction of sp³-hybridized carbons (Fsp3) is 0.684. The van der Waals surface area contributed by atoms with E-state index in [0.29, 0.717) is 68.1 Å². The number of likely N-dealkylation sites (N-methyl/N-ethyl adjacent to an activating group) is 1. The molecular weight excluding hydrogens is 612 g/mol. The average molecular weight is 675 g/mol. The zero-order chi connectivity index (χ0) is 34.5. The molecule has 2 aromatic carbocycles. The summed E-state index contributed by atoms with van der Waals surface area (Å²) in [6, 6.07) is 13.9. The van der Waals surface area contributed by atoms with Crippen LogP contribution >= 0.6 is 0 Å². The van der Waals surface area contributed by atoms with Gasteiger partial charge in [0.25, 0.3) is 0 Å². The largest absolute Gasteiger partial charge is 0.491 e. The number of rotatable bonds is 21. The molecule has 47 heavy (non-hydrogen) atoms. The fourth-order valence-electron chi connectivity index (χ4n) is 6.83. The summed E-state index contributed by atoms with van der Waals surface area (Å²) in [6.07, 6.45) is 5.28. The zero-order valence-electron chi connectivity index (χ0n) is 30.2. The van der Waals surface area contributed by atoms with Gasteiger partial charge in [-0.25, -0.2) is 8.42 Å². The molecule has 8 nitrogen and oxygen atoms in total. The van der Waals surface area contributed by atoms with E-state index in [1.54, 1.807) is 6.07 Å². The van der Waals surface area contributed by atoms with E-state index in [1.165, 1.54) is 0 Å². The molecule has 0 saturated carbocycles. The third-order valence-corrected chi connectivity index (χ3v) is 11.9. The topological polar surface area (TPSA) is 88.5 Å². The molecule has 3 atom stereocenters. The number of sulfone groups is 1. The van der Waals surface area contributed by atoms with Crippen LogP contribution in [0.1, 0.15) is 96.6 Å². The number of ether oxygens (including phenoxy) is 3. The highest BCUT2D eigenvalue weighted by Crippen LogP contribution is 2.50. The van der Waals surface area contributed by atoms with Gasteiger partial charge in [0.2, 0.25) is 0 Å². The van der Waals surface area contributed by atoms with Crippen LogP contribution in [0.15, 0.2) is 47.4 Å². The van der Waals surface area contributed by atoms with Crippen LogP contribution in [-0.2, 0) is 19.3 Å². The van der Waals surface area contributed by atoms with E-state index < -0.39 is 27.3 Å². The van der Waals surface area contributed by atoms with E-state index >= 15 is 0 Å². The van der Waals surface area contributed by atoms with Gasteiger partial charge in [-0.2, -0.15) is 0 Å². The lowest BCUT2D eigenvalue weighted by molar-refractivity contribution is 0.0127. The number of hydrogen-bond donors (Lipinski definition) is 1. The second kappa shape index (κ2) is 19.1. The molecule has 266 valence electrons. The summed E-state index contributed by atoms with van der Waals surface area (Å²) in [5.41, 5.74) is 1.74. The van der Waals surface area contributed by atoms with Crippen LogP contribution in [0.3, 0.4) is 0 Å². The van der Waals surface area contributed by atoms with E-state index in [0.717, 1.165) is 56.4 Å². The summed E-state index contributed by atoms with van der Waals surface area (Å²) in [5.74, 6) is 0.190. The Bertz CT molecular complexity index is 1290. The third-order valence-electron chi connectivity index (χ3n) is 9.91. The first-order valence-electron chi connectivity index (χ1n) is 17.9. The maximum atomic E-state index is 14.0. The van der Waals surface area contributed by atoms with Gasteiger partial charge >= 0.3 is 0 Å². The van der Waals surface area contributed by atoms with Crippen molar-refractivity contribution < 1.29 is 27.7 Å². The van der Waals surface area contributed by atoms with Crippen LogP contribution in [0.2, 0.25) is 0 Å². The zero-order valence-corrected chi connectivity index (χ0v) is 31.0. The van der Waals surface area contributed by atoms with E-state index in [9.17, 15) is 13.5 Å². The molecule has 9 heteroatoms. The number of aliphatic hydroxyl groups excluding tert-OH is 1. The lowest BCUT2D eigenvalue weighted by Gasteiger charge is -2.40. The molecule has 0 aliphatic carbocycles. The fourth-order valence-corrected chi connectivity index (χ4v) is 9.02. The standard InChI is InChI=1S/C38H62N2O6S/c1-8-12-20-38(21-13-9-2)29-47(42,43)35-19-16-32(39(6)7)28-34(35)36(37(38)41)31-14-17-33(18-15-31)46-27-26-45-25-24-44-23-22-40(11-4)30(5)10-3/h14-19,28,30,36-37,41H,8-13,20-27,29H2,1-7H3/t30?,36-,37-/m1/s1. The summed E-state index contributed by atoms with van der Waals surface area (Å²) < 4.78 is 45.6. The maximum absolute atomic E-state index is 14.0. The van der Waals surface area contributed by atoms with Crippen molar-refractivity contribution in [1.29, 1.82) is 0 Å². The second-order valence-electron chi connectivity index (χ2n) is 13.4. The minimum absolute atomic E-state index is 0.0343. The molecule has 1 N–H and O–H groups in total. The molecule has 1 aliphatic rings. The van der Waals surface area contributed by atoms with Crippen LogP contribution in [0, 0.1) is 5.41 Å². The van der Waals surface area contributed by atoms with Gasteiger partial charge in [-0.15, -0.1) is 0 Å². The predicted octanol–water partition coefficient (Wildman–Crippen LogP) is 6.93. The van der Waals surface area contributed by atoms with Gasteiger partial charge in [-0.3, -0.25) is 4.90 Å². The average Bonchev–Trinajstić information content (AvgIpc) is 3.13. The van der Waals surface area contributed by atoms with Gasteiger partial charge < -0.3 is 24.2 Å². The van der Waals surface area contributed by atoms with Crippen LogP contribution in [0.5, 0.6) is 5.75 Å². The van der Waals surface area contributed by atoms with E-state index in [4.69, 9.17) is 14.2 Å². The number of anilines is 1. The summed E-state index contributed by atoms with van der Waals surface area (Å²) in [5, 5.41) is 12.4. The first-order valence-corrected chi connectivity index (χ1v) is 19.5. The van der Waals surface area contributed by atoms with Gasteiger partial charge in [0.15, 0.2) is 9.84 Å². The van der Waals surface area contributed by atoms with Crippen LogP contribution < -0.4 is 9.64 Å². The number of fused-ring (bicyclic) bond motifs is 1. The van der Waals surface area contributed by atoms with Crippen molar-refractivity contribution in [2.45, 2.75) is 103 Å². The molecular formula is C38H62N2O6S. The molecule has 0 aromatic heterocycles. The van der Waals surface area contributed by atoms with Crippen molar-refractivity contribution in [3.05, 3.63) is 53.6 Å². The van der Waals surface area contributed by atoms with Crippen LogP contribution in [0.4, 0.5) is 5.69 Å². The van der Waals surface area contributed by atoms with Crippen LogP contribution in [-0.4, -0.2) is 96.5 Å². The highest BCUT2D eigenvalue weighted by Gasteiger charge is 2.49. The summed E-state index contributed by atoms with van der Waals surface area (Å²) >= 11 is 0. The molecule has 1 heterocycles. The maximum Gasteiger partial charge on any atom is 0.179 e. The molecule has 0 amide bonds. The van der Waals surface area contributed by atoms with Crippen molar-refractivity contribution >= 4 is 15.5 Å². The van der Waals surface area contributed by atoms with Gasteiger partial charge in [0.05, 0.1) is 43.2 Å². The Hall–Kier alpha value is -2.17. The number of aliphatic hydroxyl groups is 1. The molecule has 0 spiro atoms. The van der Waals surface area contributed by atoms with Crippen molar-refractivity contribution in [2.24, 2.45) is 5.41 Å². The van der Waals surface area contributed by atoms with Crippen molar-refractivity contribution in [1.82, 2.24) is 4.90 Å². The van der Waals surface area contributed by atoms with Gasteiger partial charge in [0.1, 0.15) is 12.4 Å². The number of unbranched alkanes of at least 4 members (excludes halogenated alkanes) is 2. The Morgan fingerprint density at radius 2 is 1.51 bits per heavy atom. The number of nitrogens with zero attached hydrogens (tertiary/aromatic N) is 2. The van der Waals surface area contributed by atoms with E-state index in [1.807, 2.05) is 55.4 Å². The Kier molecular flexibility index (Phi) is 16.0. The van der Waals surface area contributed by atoms with Crippen molar-refractivity contribution in [3.63, 3.8) is 0 Å². The lowest BCUT2D eigenvalue weighted by atomic mass is 9.68. The first-order chi connectivity index (χ1) is 22.5. The van der Waals surface area contributed by atoms with E-state index in [-0.39, 0.29) is 5.75 Å². The van der Waals surface area contributed by atoms with Gasteiger partial charge in [-0.05, 0) is 74.2 Å². The Morgan fingerprint density at radius 1 is 0.894 bits per heavy atom. The first kappa shape index (κ1) is 39.3. The quantitative estimate of drug-likeness (QED) is 0.143. The SMILES string of the molecule is CCCCC1(CCCC)CS(=O)(=O)c2ccc(N(C)C)cc2[C@@H](c2ccc(OCCOCCOCCN(CC)C(C)CC)cc2)[C@H]1O. The number of hydrogen-bond acceptors (Lipinski definition) is 8. The molecule has 1 aliphatic heterocycles. The smallest absolute Gasteiger partial charge is 0.179 e. The monoisotopic (exact) mass is 674 g/mol. The lowest BCUT2D eigenvalue weighted by Crippen LogP contribution is -2.43. The van der Waals surface area contributed by atoms with E-state index in [2.05, 4.69) is 39.5 Å².